The van der Waals surface area contributed by atoms with Crippen LogP contribution in [-0.2, 0) is 6.54 Å². The van der Waals surface area contributed by atoms with Gasteiger partial charge in [-0.05, 0) is 37.8 Å². The fourth-order valence-electron chi connectivity index (χ4n) is 1.73. The fraction of sp³-hybridized carbons (Fsp3) is 0.533. The third-order valence-electron chi connectivity index (χ3n) is 3.11. The van der Waals surface area contributed by atoms with Gasteiger partial charge in [-0.1, -0.05) is 12.1 Å². The van der Waals surface area contributed by atoms with Crippen LogP contribution in [0.2, 0.25) is 0 Å². The summed E-state index contributed by atoms with van der Waals surface area (Å²) in [6, 6.07) is 6.65. The van der Waals surface area contributed by atoms with E-state index in [0.29, 0.717) is 6.54 Å². The van der Waals surface area contributed by atoms with Gasteiger partial charge in [-0.3, -0.25) is 4.99 Å². The molecule has 6 heteroatoms. The van der Waals surface area contributed by atoms with Gasteiger partial charge in [0.2, 0.25) is 0 Å². The molecule has 0 heterocycles. The van der Waals surface area contributed by atoms with Crippen molar-refractivity contribution < 1.29 is 4.39 Å². The molecule has 0 aliphatic heterocycles. The summed E-state index contributed by atoms with van der Waals surface area (Å²) in [5.74, 6) is 0.610. The monoisotopic (exact) mass is 425 g/mol. The van der Waals surface area contributed by atoms with Crippen LogP contribution in [0.1, 0.15) is 19.4 Å². The van der Waals surface area contributed by atoms with E-state index < -0.39 is 0 Å². The lowest BCUT2D eigenvalue weighted by molar-refractivity contribution is 0.470. The summed E-state index contributed by atoms with van der Waals surface area (Å²) in [5, 5.41) is 3.36. The maximum absolute atomic E-state index is 13.2. The van der Waals surface area contributed by atoms with Crippen LogP contribution in [0.25, 0.3) is 0 Å². The van der Waals surface area contributed by atoms with E-state index >= 15 is 0 Å². The predicted molar refractivity (Wildman–Crippen MR) is 102 cm³/mol. The van der Waals surface area contributed by atoms with Crippen LogP contribution in [0.15, 0.2) is 29.3 Å². The zero-order valence-corrected chi connectivity index (χ0v) is 16.5. The Morgan fingerprint density at radius 1 is 1.43 bits per heavy atom. The van der Waals surface area contributed by atoms with Gasteiger partial charge in [0.05, 0.1) is 0 Å². The Kier molecular flexibility index (Phi) is 9.28. The lowest BCUT2D eigenvalue weighted by atomic mass is 10.2. The molecule has 0 fully saturated rings. The third kappa shape index (κ3) is 7.35. The number of nitrogens with zero attached hydrogens (tertiary/aromatic N) is 2. The number of rotatable bonds is 5. The highest BCUT2D eigenvalue weighted by atomic mass is 127. The number of aliphatic imine (C=N–C) groups is 1. The van der Waals surface area contributed by atoms with E-state index in [1.807, 2.05) is 29.8 Å². The van der Waals surface area contributed by atoms with Crippen LogP contribution in [0.3, 0.4) is 0 Å². The number of guanidine groups is 1. The van der Waals surface area contributed by atoms with Gasteiger partial charge in [-0.15, -0.1) is 24.0 Å². The second-order valence-corrected chi connectivity index (χ2v) is 6.86. The Labute approximate surface area is 148 Å². The Balaban J connectivity index is 0.00000400. The minimum atomic E-state index is -0.206. The molecule has 1 N–H and O–H groups in total. The van der Waals surface area contributed by atoms with E-state index in [1.165, 1.54) is 6.07 Å². The molecule has 0 aromatic heterocycles. The highest BCUT2D eigenvalue weighted by molar-refractivity contribution is 14.0. The maximum Gasteiger partial charge on any atom is 0.193 e. The molecule has 0 saturated carbocycles. The number of halogens is 2. The molecular weight excluding hydrogens is 400 g/mol. The molecule has 0 saturated heterocycles. The first-order valence-corrected chi connectivity index (χ1v) is 7.82. The largest absolute Gasteiger partial charge is 0.355 e. The Morgan fingerprint density at radius 3 is 2.62 bits per heavy atom. The lowest BCUT2D eigenvalue weighted by Gasteiger charge is -2.27. The van der Waals surface area contributed by atoms with Crippen molar-refractivity contribution in [2.45, 2.75) is 25.1 Å². The van der Waals surface area contributed by atoms with E-state index in [1.54, 1.807) is 19.2 Å². The van der Waals surface area contributed by atoms with E-state index in [9.17, 15) is 4.39 Å². The molecule has 120 valence electrons. The Bertz CT molecular complexity index is 466. The smallest absolute Gasteiger partial charge is 0.193 e. The molecule has 0 radical (unpaired) electrons. The molecule has 1 aromatic carbocycles. The van der Waals surface area contributed by atoms with Crippen molar-refractivity contribution >= 4 is 41.7 Å². The molecule has 0 atom stereocenters. The van der Waals surface area contributed by atoms with Gasteiger partial charge in [0.25, 0.3) is 0 Å². The number of hydrogen-bond acceptors (Lipinski definition) is 2. The topological polar surface area (TPSA) is 27.6 Å². The van der Waals surface area contributed by atoms with Gasteiger partial charge in [0.1, 0.15) is 5.82 Å². The standard InChI is InChI=1S/C15H24FN3S.HI/c1-15(2,20-5)11-18-14(17-3)19(4)10-12-7-6-8-13(16)9-12;/h6-9H,10-11H2,1-5H3,(H,17,18);1H. The van der Waals surface area contributed by atoms with Crippen molar-refractivity contribution in [3.63, 3.8) is 0 Å². The first-order valence-electron chi connectivity index (χ1n) is 6.59. The minimum absolute atomic E-state index is 0. The highest BCUT2D eigenvalue weighted by Gasteiger charge is 2.17. The summed E-state index contributed by atoms with van der Waals surface area (Å²) in [6.07, 6.45) is 2.10. The summed E-state index contributed by atoms with van der Waals surface area (Å²) in [5.41, 5.74) is 0.930. The van der Waals surface area contributed by atoms with Gasteiger partial charge < -0.3 is 10.2 Å². The molecule has 1 aromatic rings. The summed E-state index contributed by atoms with van der Waals surface area (Å²) < 4.78 is 13.3. The van der Waals surface area contributed by atoms with Crippen molar-refractivity contribution in [1.82, 2.24) is 10.2 Å². The normalized spacial score (nSPS) is 11.8. The number of thioether (sulfide) groups is 1. The van der Waals surface area contributed by atoms with E-state index in [4.69, 9.17) is 0 Å². The fourth-order valence-corrected chi connectivity index (χ4v) is 1.95. The van der Waals surface area contributed by atoms with Crippen LogP contribution in [-0.4, -0.2) is 42.5 Å². The average Bonchev–Trinajstić information content (AvgIpc) is 2.39. The molecule has 0 aliphatic carbocycles. The summed E-state index contributed by atoms with van der Waals surface area (Å²) in [7, 11) is 3.71. The van der Waals surface area contributed by atoms with Crippen LogP contribution in [0, 0.1) is 5.82 Å². The van der Waals surface area contributed by atoms with Crippen molar-refractivity contribution in [2.75, 3.05) is 26.9 Å². The van der Waals surface area contributed by atoms with Gasteiger partial charge in [-0.25, -0.2) is 4.39 Å². The summed E-state index contributed by atoms with van der Waals surface area (Å²) in [6.45, 7) is 5.82. The van der Waals surface area contributed by atoms with Crippen molar-refractivity contribution in [3.8, 4) is 0 Å². The maximum atomic E-state index is 13.2. The zero-order valence-electron chi connectivity index (χ0n) is 13.3. The molecule has 21 heavy (non-hydrogen) atoms. The molecular formula is C15H25FIN3S. The Hall–Kier alpha value is -0.500. The molecule has 0 bridgehead atoms. The van der Waals surface area contributed by atoms with Crippen molar-refractivity contribution in [3.05, 3.63) is 35.6 Å². The van der Waals surface area contributed by atoms with E-state index in [0.717, 1.165) is 18.1 Å². The van der Waals surface area contributed by atoms with Crippen molar-refractivity contribution in [1.29, 1.82) is 0 Å². The van der Waals surface area contributed by atoms with Crippen LogP contribution in [0.5, 0.6) is 0 Å². The van der Waals surface area contributed by atoms with E-state index in [2.05, 4.69) is 30.4 Å². The number of hydrogen-bond donors (Lipinski definition) is 1. The molecule has 0 aliphatic rings. The molecule has 0 spiro atoms. The van der Waals surface area contributed by atoms with E-state index in [-0.39, 0.29) is 34.5 Å². The van der Waals surface area contributed by atoms with Crippen molar-refractivity contribution in [2.24, 2.45) is 4.99 Å². The van der Waals surface area contributed by atoms with Gasteiger partial charge in [0, 0.05) is 31.9 Å². The second kappa shape index (κ2) is 9.50. The summed E-state index contributed by atoms with van der Waals surface area (Å²) in [4.78, 5) is 6.26. The van der Waals surface area contributed by atoms with Gasteiger partial charge in [0.15, 0.2) is 5.96 Å². The van der Waals surface area contributed by atoms with Crippen LogP contribution < -0.4 is 5.32 Å². The first-order chi connectivity index (χ1) is 9.38. The molecule has 3 nitrogen and oxygen atoms in total. The predicted octanol–water partition coefficient (Wildman–Crippen LogP) is 3.59. The molecule has 0 unspecified atom stereocenters. The molecule has 0 amide bonds. The molecule has 1 rings (SSSR count). The van der Waals surface area contributed by atoms with Gasteiger partial charge in [-0.2, -0.15) is 11.8 Å². The van der Waals surface area contributed by atoms with Crippen LogP contribution in [0.4, 0.5) is 4.39 Å². The van der Waals surface area contributed by atoms with Crippen LogP contribution >= 0.6 is 35.7 Å². The van der Waals surface area contributed by atoms with Gasteiger partial charge >= 0.3 is 0 Å². The highest BCUT2D eigenvalue weighted by Crippen LogP contribution is 2.19. The Morgan fingerprint density at radius 2 is 2.10 bits per heavy atom. The SMILES string of the molecule is CN=C(NCC(C)(C)SC)N(C)Cc1cccc(F)c1.I. The minimum Gasteiger partial charge on any atom is -0.355 e. The average molecular weight is 425 g/mol. The summed E-state index contributed by atoms with van der Waals surface area (Å²) >= 11 is 1.81. The quantitative estimate of drug-likeness (QED) is 0.444. The lowest BCUT2D eigenvalue weighted by Crippen LogP contribution is -2.43. The zero-order chi connectivity index (χ0) is 15.2. The second-order valence-electron chi connectivity index (χ2n) is 5.35. The third-order valence-corrected chi connectivity index (χ3v) is 4.36. The number of nitrogens with one attached hydrogen (secondary N) is 1. The first kappa shape index (κ1) is 20.5. The number of benzene rings is 1.